The Morgan fingerprint density at radius 3 is 2.53 bits per heavy atom. The second-order valence-corrected chi connectivity index (χ2v) is 5.80. The summed E-state index contributed by atoms with van der Waals surface area (Å²) in [6.45, 7) is 3.25. The molecule has 1 atom stereocenters. The van der Waals surface area contributed by atoms with Gasteiger partial charge in [0.2, 0.25) is 0 Å². The number of hydrogen-bond acceptors (Lipinski definition) is 2. The van der Waals surface area contributed by atoms with E-state index in [1.165, 1.54) is 51.5 Å². The van der Waals surface area contributed by atoms with Gasteiger partial charge in [-0.1, -0.05) is 6.42 Å². The third-order valence-electron chi connectivity index (χ3n) is 4.64. The topological polar surface area (TPSA) is 21.3 Å². The van der Waals surface area contributed by atoms with E-state index in [1.807, 2.05) is 0 Å². The van der Waals surface area contributed by atoms with Gasteiger partial charge in [0.25, 0.3) is 0 Å². The molecule has 0 amide bonds. The lowest BCUT2D eigenvalue weighted by Gasteiger charge is -2.47. The molecule has 2 nitrogen and oxygen atoms in total. The Hall–Kier alpha value is -0.0800. The lowest BCUT2D eigenvalue weighted by molar-refractivity contribution is -0.0630. The van der Waals surface area contributed by atoms with Gasteiger partial charge < -0.3 is 10.1 Å². The summed E-state index contributed by atoms with van der Waals surface area (Å²) >= 11 is 0. The fraction of sp³-hybridized carbons (Fsp3) is 1.00. The zero-order valence-electron chi connectivity index (χ0n) is 9.63. The molecule has 0 aromatic heterocycles. The average molecular weight is 209 g/mol. The van der Waals surface area contributed by atoms with Crippen molar-refractivity contribution in [2.45, 2.75) is 51.0 Å². The van der Waals surface area contributed by atoms with Gasteiger partial charge in [-0.05, 0) is 44.4 Å². The van der Waals surface area contributed by atoms with E-state index in [1.54, 1.807) is 0 Å². The highest BCUT2D eigenvalue weighted by Crippen LogP contribution is 2.46. The number of hydrogen-bond donors (Lipinski definition) is 1. The second-order valence-electron chi connectivity index (χ2n) is 5.80. The van der Waals surface area contributed by atoms with E-state index < -0.39 is 0 Å². The zero-order chi connectivity index (χ0) is 10.1. The molecule has 2 heteroatoms. The van der Waals surface area contributed by atoms with Gasteiger partial charge in [0, 0.05) is 24.6 Å². The van der Waals surface area contributed by atoms with E-state index in [2.05, 4.69) is 5.32 Å². The van der Waals surface area contributed by atoms with E-state index in [4.69, 9.17) is 4.74 Å². The summed E-state index contributed by atoms with van der Waals surface area (Å²) in [4.78, 5) is 0. The highest BCUT2D eigenvalue weighted by atomic mass is 16.5. The van der Waals surface area contributed by atoms with Crippen LogP contribution >= 0.6 is 0 Å². The van der Waals surface area contributed by atoms with Crippen molar-refractivity contribution in [3.05, 3.63) is 0 Å². The Bertz CT molecular complexity index is 215. The van der Waals surface area contributed by atoms with Gasteiger partial charge in [0.05, 0.1) is 6.61 Å². The van der Waals surface area contributed by atoms with Gasteiger partial charge >= 0.3 is 0 Å². The van der Waals surface area contributed by atoms with Gasteiger partial charge in [-0.3, -0.25) is 0 Å². The van der Waals surface area contributed by atoms with Gasteiger partial charge in [-0.2, -0.15) is 0 Å². The van der Waals surface area contributed by atoms with Crippen molar-refractivity contribution in [3.8, 4) is 0 Å². The van der Waals surface area contributed by atoms with Gasteiger partial charge in [0.1, 0.15) is 0 Å². The average Bonchev–Trinajstić information content (AvgIpc) is 2.97. The van der Waals surface area contributed by atoms with Crippen molar-refractivity contribution in [3.63, 3.8) is 0 Å². The summed E-state index contributed by atoms with van der Waals surface area (Å²) in [5, 5.41) is 3.74. The van der Waals surface area contributed by atoms with E-state index in [9.17, 15) is 0 Å². The van der Waals surface area contributed by atoms with Crippen molar-refractivity contribution in [1.29, 1.82) is 0 Å². The Morgan fingerprint density at radius 1 is 1.13 bits per heavy atom. The molecule has 0 radical (unpaired) electrons. The van der Waals surface area contributed by atoms with Crippen molar-refractivity contribution >= 4 is 0 Å². The summed E-state index contributed by atoms with van der Waals surface area (Å²) in [5.41, 5.74) is 0.513. The Morgan fingerprint density at radius 2 is 2.00 bits per heavy atom. The van der Waals surface area contributed by atoms with Crippen LogP contribution in [0.5, 0.6) is 0 Å². The molecule has 1 saturated heterocycles. The molecule has 3 fully saturated rings. The second kappa shape index (κ2) is 4.06. The molecule has 1 aliphatic heterocycles. The smallest absolute Gasteiger partial charge is 0.0537 e. The highest BCUT2D eigenvalue weighted by molar-refractivity contribution is 4.96. The standard InChI is InChI=1S/C13H23NO/c1-3-11(4-1)13(7-2-8-15-10-13)9-14-12-5-6-12/h11-12,14H,1-10H2. The molecule has 2 aliphatic carbocycles. The maximum atomic E-state index is 5.76. The lowest BCUT2D eigenvalue weighted by atomic mass is 9.63. The predicted molar refractivity (Wildman–Crippen MR) is 60.9 cm³/mol. The van der Waals surface area contributed by atoms with Crippen molar-refractivity contribution < 1.29 is 4.74 Å². The first-order valence-corrected chi connectivity index (χ1v) is 6.70. The molecule has 1 N–H and O–H groups in total. The first-order chi connectivity index (χ1) is 7.39. The molecule has 0 aromatic carbocycles. The van der Waals surface area contributed by atoms with Gasteiger partial charge in [-0.25, -0.2) is 0 Å². The summed E-state index contributed by atoms with van der Waals surface area (Å²) in [6.07, 6.45) is 9.85. The van der Waals surface area contributed by atoms with Gasteiger partial charge in [-0.15, -0.1) is 0 Å². The zero-order valence-corrected chi connectivity index (χ0v) is 9.63. The summed E-state index contributed by atoms with van der Waals surface area (Å²) in [5.74, 6) is 0.962. The molecule has 0 spiro atoms. The molecular formula is C13H23NO. The fourth-order valence-electron chi connectivity index (χ4n) is 3.14. The SMILES string of the molecule is C1CC(C2(CNC3CC3)CCCOC2)C1. The number of ether oxygens (including phenoxy) is 1. The minimum Gasteiger partial charge on any atom is -0.381 e. The Kier molecular flexibility index (Phi) is 2.73. The van der Waals surface area contributed by atoms with Crippen LogP contribution in [0, 0.1) is 11.3 Å². The number of nitrogens with one attached hydrogen (secondary N) is 1. The van der Waals surface area contributed by atoms with Crippen LogP contribution in [-0.4, -0.2) is 25.8 Å². The normalized spacial score (nSPS) is 37.6. The molecule has 15 heavy (non-hydrogen) atoms. The molecule has 1 heterocycles. The minimum atomic E-state index is 0.513. The summed E-state index contributed by atoms with van der Waals surface area (Å²) < 4.78 is 5.76. The molecule has 1 unspecified atom stereocenters. The first kappa shape index (κ1) is 10.1. The minimum absolute atomic E-state index is 0.513. The van der Waals surface area contributed by atoms with Crippen LogP contribution in [-0.2, 0) is 4.74 Å². The molecule has 3 rings (SSSR count). The van der Waals surface area contributed by atoms with E-state index in [0.29, 0.717) is 5.41 Å². The molecular weight excluding hydrogens is 186 g/mol. The fourth-order valence-corrected chi connectivity index (χ4v) is 3.14. The summed E-state index contributed by atoms with van der Waals surface area (Å²) in [6, 6.07) is 0.851. The van der Waals surface area contributed by atoms with Crippen LogP contribution in [0.25, 0.3) is 0 Å². The van der Waals surface area contributed by atoms with Crippen LogP contribution in [0.3, 0.4) is 0 Å². The van der Waals surface area contributed by atoms with Crippen molar-refractivity contribution in [2.75, 3.05) is 19.8 Å². The van der Waals surface area contributed by atoms with Crippen LogP contribution in [0.15, 0.2) is 0 Å². The maximum Gasteiger partial charge on any atom is 0.0537 e. The Balaban J connectivity index is 1.61. The Labute approximate surface area is 92.8 Å². The van der Waals surface area contributed by atoms with Crippen molar-refractivity contribution in [2.24, 2.45) is 11.3 Å². The molecule has 0 aromatic rings. The van der Waals surface area contributed by atoms with Crippen LogP contribution in [0.2, 0.25) is 0 Å². The third-order valence-corrected chi connectivity index (χ3v) is 4.64. The van der Waals surface area contributed by atoms with Crippen LogP contribution in [0.4, 0.5) is 0 Å². The van der Waals surface area contributed by atoms with E-state index >= 15 is 0 Å². The van der Waals surface area contributed by atoms with Crippen LogP contribution < -0.4 is 5.32 Å². The highest BCUT2D eigenvalue weighted by Gasteiger charge is 2.43. The third kappa shape index (κ3) is 2.07. The maximum absolute atomic E-state index is 5.76. The molecule has 86 valence electrons. The molecule has 2 saturated carbocycles. The first-order valence-electron chi connectivity index (χ1n) is 6.70. The van der Waals surface area contributed by atoms with Crippen molar-refractivity contribution in [1.82, 2.24) is 5.32 Å². The monoisotopic (exact) mass is 209 g/mol. The quantitative estimate of drug-likeness (QED) is 0.767. The van der Waals surface area contributed by atoms with Gasteiger partial charge in [0.15, 0.2) is 0 Å². The van der Waals surface area contributed by atoms with Crippen LogP contribution in [0.1, 0.15) is 44.9 Å². The predicted octanol–water partition coefficient (Wildman–Crippen LogP) is 2.34. The van der Waals surface area contributed by atoms with E-state index in [0.717, 1.165) is 25.2 Å². The molecule has 3 aliphatic rings. The largest absolute Gasteiger partial charge is 0.381 e. The summed E-state index contributed by atoms with van der Waals surface area (Å²) in [7, 11) is 0. The lowest BCUT2D eigenvalue weighted by Crippen LogP contribution is -2.49. The van der Waals surface area contributed by atoms with E-state index in [-0.39, 0.29) is 0 Å². The molecule has 0 bridgehead atoms. The number of rotatable bonds is 4.